The van der Waals surface area contributed by atoms with E-state index >= 15 is 0 Å². The van der Waals surface area contributed by atoms with Gasteiger partial charge in [-0.3, -0.25) is 4.90 Å². The summed E-state index contributed by atoms with van der Waals surface area (Å²) < 4.78 is 0. The maximum absolute atomic E-state index is 3.81. The molecule has 2 fully saturated rings. The fourth-order valence-electron chi connectivity index (χ4n) is 4.24. The molecule has 2 aliphatic rings. The molecule has 2 aromatic carbocycles. The summed E-state index contributed by atoms with van der Waals surface area (Å²) in [7, 11) is 0. The predicted molar refractivity (Wildman–Crippen MR) is 88.4 cm³/mol. The van der Waals surface area contributed by atoms with Crippen molar-refractivity contribution in [1.29, 1.82) is 0 Å². The average Bonchev–Trinajstić information content (AvgIpc) is 2.95. The Bertz CT molecular complexity index is 623. The summed E-state index contributed by atoms with van der Waals surface area (Å²) in [4.78, 5) is 2.66. The molecule has 1 aliphatic heterocycles. The highest BCUT2D eigenvalue weighted by Gasteiger charge is 2.37. The van der Waals surface area contributed by atoms with E-state index in [1.807, 2.05) is 0 Å². The Kier molecular flexibility index (Phi) is 3.44. The summed E-state index contributed by atoms with van der Waals surface area (Å²) in [6, 6.07) is 15.5. The highest BCUT2D eigenvalue weighted by atomic mass is 15.2. The van der Waals surface area contributed by atoms with Gasteiger partial charge >= 0.3 is 0 Å². The zero-order chi connectivity index (χ0) is 14.1. The minimum Gasteiger partial charge on any atom is -0.309 e. The molecule has 0 aromatic heterocycles. The van der Waals surface area contributed by atoms with Gasteiger partial charge < -0.3 is 5.32 Å². The van der Waals surface area contributed by atoms with Crippen molar-refractivity contribution in [3.63, 3.8) is 0 Å². The van der Waals surface area contributed by atoms with Gasteiger partial charge in [0.2, 0.25) is 0 Å². The molecule has 1 heterocycles. The molecule has 0 amide bonds. The molecule has 1 spiro atoms. The van der Waals surface area contributed by atoms with Crippen LogP contribution < -0.4 is 5.32 Å². The molecule has 110 valence electrons. The van der Waals surface area contributed by atoms with E-state index in [2.05, 4.69) is 52.7 Å². The van der Waals surface area contributed by atoms with E-state index in [1.54, 1.807) is 0 Å². The van der Waals surface area contributed by atoms with Crippen molar-refractivity contribution in [2.24, 2.45) is 0 Å². The lowest BCUT2D eigenvalue weighted by atomic mass is 9.94. The van der Waals surface area contributed by atoms with E-state index in [0.717, 1.165) is 13.1 Å². The SMILES string of the molecule is c1ccc2c(CN3CCNC4(CCCC4)C3)cccc2c1. The molecule has 2 heteroatoms. The van der Waals surface area contributed by atoms with Gasteiger partial charge in [-0.1, -0.05) is 55.3 Å². The molecule has 2 nitrogen and oxygen atoms in total. The lowest BCUT2D eigenvalue weighted by Gasteiger charge is -2.41. The van der Waals surface area contributed by atoms with Gasteiger partial charge in [0.1, 0.15) is 0 Å². The van der Waals surface area contributed by atoms with E-state index in [4.69, 9.17) is 0 Å². The third kappa shape index (κ3) is 2.58. The van der Waals surface area contributed by atoms with Crippen LogP contribution in [0.3, 0.4) is 0 Å². The second-order valence-corrected chi connectivity index (χ2v) is 6.76. The topological polar surface area (TPSA) is 15.3 Å². The molecule has 0 unspecified atom stereocenters. The number of nitrogens with one attached hydrogen (secondary N) is 1. The van der Waals surface area contributed by atoms with Crippen LogP contribution >= 0.6 is 0 Å². The van der Waals surface area contributed by atoms with Gasteiger partial charge in [0.25, 0.3) is 0 Å². The van der Waals surface area contributed by atoms with Gasteiger partial charge in [0, 0.05) is 31.7 Å². The van der Waals surface area contributed by atoms with Crippen LogP contribution in [0.25, 0.3) is 10.8 Å². The molecule has 1 saturated heterocycles. The van der Waals surface area contributed by atoms with Gasteiger partial charge in [0.15, 0.2) is 0 Å². The van der Waals surface area contributed by atoms with Crippen LogP contribution in [-0.4, -0.2) is 30.1 Å². The monoisotopic (exact) mass is 280 g/mol. The fourth-order valence-corrected chi connectivity index (χ4v) is 4.24. The first-order valence-electron chi connectivity index (χ1n) is 8.29. The molecule has 0 radical (unpaired) electrons. The molecule has 0 bridgehead atoms. The molecule has 0 atom stereocenters. The van der Waals surface area contributed by atoms with Crippen LogP contribution in [0.2, 0.25) is 0 Å². The zero-order valence-corrected chi connectivity index (χ0v) is 12.6. The highest BCUT2D eigenvalue weighted by Crippen LogP contribution is 2.32. The first-order valence-corrected chi connectivity index (χ1v) is 8.29. The van der Waals surface area contributed by atoms with Crippen LogP contribution in [0.15, 0.2) is 42.5 Å². The minimum absolute atomic E-state index is 0.419. The molecule has 1 N–H and O–H groups in total. The second kappa shape index (κ2) is 5.43. The van der Waals surface area contributed by atoms with Gasteiger partial charge in [-0.2, -0.15) is 0 Å². The number of fused-ring (bicyclic) bond motifs is 1. The Balaban J connectivity index is 1.57. The number of benzene rings is 2. The number of piperazine rings is 1. The van der Waals surface area contributed by atoms with E-state index < -0.39 is 0 Å². The predicted octanol–water partition coefficient (Wildman–Crippen LogP) is 3.56. The lowest BCUT2D eigenvalue weighted by molar-refractivity contribution is 0.129. The first-order chi connectivity index (χ1) is 10.3. The standard InChI is InChI=1S/C19H24N2/c1-2-9-18-16(6-1)7-5-8-17(18)14-21-13-12-20-19(15-21)10-3-4-11-19/h1-2,5-9,20H,3-4,10-15H2. The highest BCUT2D eigenvalue weighted by molar-refractivity contribution is 5.85. The van der Waals surface area contributed by atoms with Crippen molar-refractivity contribution in [3.05, 3.63) is 48.0 Å². The van der Waals surface area contributed by atoms with Gasteiger partial charge in [-0.15, -0.1) is 0 Å². The Morgan fingerprint density at radius 1 is 1.00 bits per heavy atom. The van der Waals surface area contributed by atoms with Crippen molar-refractivity contribution in [2.75, 3.05) is 19.6 Å². The first kappa shape index (κ1) is 13.3. The van der Waals surface area contributed by atoms with E-state index in [9.17, 15) is 0 Å². The maximum atomic E-state index is 3.81. The van der Waals surface area contributed by atoms with E-state index in [-0.39, 0.29) is 0 Å². The lowest BCUT2D eigenvalue weighted by Crippen LogP contribution is -2.58. The van der Waals surface area contributed by atoms with Crippen LogP contribution in [0.4, 0.5) is 0 Å². The van der Waals surface area contributed by atoms with Gasteiger partial charge in [-0.25, -0.2) is 0 Å². The zero-order valence-electron chi connectivity index (χ0n) is 12.6. The summed E-state index contributed by atoms with van der Waals surface area (Å²) >= 11 is 0. The number of rotatable bonds is 2. The van der Waals surface area contributed by atoms with Crippen LogP contribution in [0, 0.1) is 0 Å². The summed E-state index contributed by atoms with van der Waals surface area (Å²) in [5.74, 6) is 0. The molecular weight excluding hydrogens is 256 g/mol. The molecule has 21 heavy (non-hydrogen) atoms. The van der Waals surface area contributed by atoms with E-state index in [1.165, 1.54) is 55.1 Å². The van der Waals surface area contributed by atoms with Crippen molar-refractivity contribution in [1.82, 2.24) is 10.2 Å². The summed E-state index contributed by atoms with van der Waals surface area (Å²) in [5, 5.41) is 6.58. The van der Waals surface area contributed by atoms with Crippen molar-refractivity contribution in [2.45, 2.75) is 37.8 Å². The van der Waals surface area contributed by atoms with Crippen molar-refractivity contribution < 1.29 is 0 Å². The Hall–Kier alpha value is -1.38. The smallest absolute Gasteiger partial charge is 0.0309 e. The summed E-state index contributed by atoms with van der Waals surface area (Å²) in [6.45, 7) is 4.62. The average molecular weight is 280 g/mol. The van der Waals surface area contributed by atoms with Crippen LogP contribution in [0.5, 0.6) is 0 Å². The second-order valence-electron chi connectivity index (χ2n) is 6.76. The number of hydrogen-bond donors (Lipinski definition) is 1. The Labute approximate surface area is 127 Å². The molecule has 1 aliphatic carbocycles. The number of hydrogen-bond acceptors (Lipinski definition) is 2. The van der Waals surface area contributed by atoms with Crippen LogP contribution in [-0.2, 0) is 6.54 Å². The molecule has 2 aromatic rings. The molecule has 1 saturated carbocycles. The number of nitrogens with zero attached hydrogens (tertiary/aromatic N) is 1. The molecule has 4 rings (SSSR count). The largest absolute Gasteiger partial charge is 0.309 e. The van der Waals surface area contributed by atoms with Gasteiger partial charge in [0.05, 0.1) is 0 Å². The maximum Gasteiger partial charge on any atom is 0.0309 e. The van der Waals surface area contributed by atoms with Crippen LogP contribution in [0.1, 0.15) is 31.2 Å². The Morgan fingerprint density at radius 2 is 1.81 bits per heavy atom. The van der Waals surface area contributed by atoms with Crippen molar-refractivity contribution in [3.8, 4) is 0 Å². The fraction of sp³-hybridized carbons (Fsp3) is 0.474. The van der Waals surface area contributed by atoms with Crippen molar-refractivity contribution >= 4 is 10.8 Å². The summed E-state index contributed by atoms with van der Waals surface area (Å²) in [5.41, 5.74) is 1.89. The third-order valence-corrected chi connectivity index (χ3v) is 5.29. The normalized spacial score (nSPS) is 22.1. The minimum atomic E-state index is 0.419. The Morgan fingerprint density at radius 3 is 2.71 bits per heavy atom. The third-order valence-electron chi connectivity index (χ3n) is 5.29. The summed E-state index contributed by atoms with van der Waals surface area (Å²) in [6.07, 6.45) is 5.52. The quantitative estimate of drug-likeness (QED) is 0.905. The van der Waals surface area contributed by atoms with Gasteiger partial charge in [-0.05, 0) is 29.2 Å². The van der Waals surface area contributed by atoms with E-state index in [0.29, 0.717) is 5.54 Å². The molecular formula is C19H24N2.